The molecule has 1 saturated carbocycles. The molecule has 0 aliphatic heterocycles. The number of sulfone groups is 1. The minimum absolute atomic E-state index is 0.0230. The van der Waals surface area contributed by atoms with E-state index in [9.17, 15) is 8.42 Å². The Morgan fingerprint density at radius 3 is 2.21 bits per heavy atom. The summed E-state index contributed by atoms with van der Waals surface area (Å²) in [4.78, 5) is 0.350. The van der Waals surface area contributed by atoms with E-state index in [-0.39, 0.29) is 5.54 Å². The molecule has 0 atom stereocenters. The Bertz CT molecular complexity index is 517. The first-order chi connectivity index (χ1) is 8.95. The molecule has 1 aliphatic carbocycles. The van der Waals surface area contributed by atoms with Gasteiger partial charge in [0.1, 0.15) is 0 Å². The number of benzene rings is 1. The van der Waals surface area contributed by atoms with Gasteiger partial charge in [0.2, 0.25) is 0 Å². The summed E-state index contributed by atoms with van der Waals surface area (Å²) in [6, 6.07) is 6.93. The molecule has 4 nitrogen and oxygen atoms in total. The number of anilines is 1. The maximum Gasteiger partial charge on any atom is 0.175 e. The minimum Gasteiger partial charge on any atom is -0.378 e. The average molecular weight is 282 g/mol. The fourth-order valence-corrected chi connectivity index (χ4v) is 3.33. The lowest BCUT2D eigenvalue weighted by Crippen LogP contribution is -2.46. The molecule has 1 aromatic rings. The summed E-state index contributed by atoms with van der Waals surface area (Å²) in [5.41, 5.74) is 6.85. The number of hydrogen-bond acceptors (Lipinski definition) is 4. The van der Waals surface area contributed by atoms with Crippen LogP contribution in [-0.2, 0) is 9.84 Å². The first kappa shape index (κ1) is 14.3. The predicted octanol–water partition coefficient (Wildman–Crippen LogP) is 2.16. The lowest BCUT2D eigenvalue weighted by atomic mass is 9.81. The number of hydrogen-bond donors (Lipinski definition) is 2. The van der Waals surface area contributed by atoms with Crippen molar-refractivity contribution in [2.75, 3.05) is 18.1 Å². The first-order valence-electron chi connectivity index (χ1n) is 6.74. The molecule has 0 radical (unpaired) electrons. The van der Waals surface area contributed by atoms with Crippen molar-refractivity contribution >= 4 is 15.5 Å². The van der Waals surface area contributed by atoms with Crippen LogP contribution in [0.4, 0.5) is 5.69 Å². The van der Waals surface area contributed by atoms with Crippen LogP contribution in [0.3, 0.4) is 0 Å². The Balaban J connectivity index is 2.14. The van der Waals surface area contributed by atoms with Crippen LogP contribution in [-0.4, -0.2) is 26.8 Å². The summed E-state index contributed by atoms with van der Waals surface area (Å²) in [6.07, 6.45) is 7.06. The highest BCUT2D eigenvalue weighted by atomic mass is 32.2. The lowest BCUT2D eigenvalue weighted by molar-refractivity contribution is 0.331. The Morgan fingerprint density at radius 2 is 1.74 bits per heavy atom. The van der Waals surface area contributed by atoms with Gasteiger partial charge in [-0.1, -0.05) is 19.3 Å². The Hall–Kier alpha value is -1.07. The molecule has 5 heteroatoms. The molecular weight excluding hydrogens is 260 g/mol. The van der Waals surface area contributed by atoms with Crippen LogP contribution in [0.5, 0.6) is 0 Å². The quantitative estimate of drug-likeness (QED) is 0.887. The molecule has 106 valence electrons. The summed E-state index contributed by atoms with van der Waals surface area (Å²) >= 11 is 0. The molecule has 3 N–H and O–H groups in total. The normalized spacial score (nSPS) is 19.1. The van der Waals surface area contributed by atoms with E-state index in [0.717, 1.165) is 18.5 Å². The zero-order valence-electron chi connectivity index (χ0n) is 11.4. The maximum atomic E-state index is 11.4. The topological polar surface area (TPSA) is 72.2 Å². The lowest BCUT2D eigenvalue weighted by Gasteiger charge is -2.38. The maximum absolute atomic E-state index is 11.4. The van der Waals surface area contributed by atoms with Gasteiger partial charge in [-0.05, 0) is 37.1 Å². The molecule has 0 unspecified atom stereocenters. The molecule has 0 bridgehead atoms. The van der Waals surface area contributed by atoms with Gasteiger partial charge in [-0.3, -0.25) is 0 Å². The first-order valence-corrected chi connectivity index (χ1v) is 8.63. The molecule has 2 rings (SSSR count). The summed E-state index contributed by atoms with van der Waals surface area (Å²) in [7, 11) is -3.13. The van der Waals surface area contributed by atoms with Gasteiger partial charge in [-0.15, -0.1) is 0 Å². The number of nitrogens with two attached hydrogens (primary N) is 1. The number of rotatable bonds is 4. The van der Waals surface area contributed by atoms with Gasteiger partial charge >= 0.3 is 0 Å². The summed E-state index contributed by atoms with van der Waals surface area (Å²) < 4.78 is 22.8. The van der Waals surface area contributed by atoms with Crippen molar-refractivity contribution in [3.63, 3.8) is 0 Å². The molecule has 1 aliphatic rings. The summed E-state index contributed by atoms with van der Waals surface area (Å²) in [5, 5.41) is 3.50. The van der Waals surface area contributed by atoms with Crippen LogP contribution < -0.4 is 11.1 Å². The predicted molar refractivity (Wildman–Crippen MR) is 78.0 cm³/mol. The van der Waals surface area contributed by atoms with E-state index in [2.05, 4.69) is 5.32 Å². The van der Waals surface area contributed by atoms with E-state index in [0.29, 0.717) is 11.4 Å². The van der Waals surface area contributed by atoms with Gasteiger partial charge in [0, 0.05) is 24.0 Å². The molecule has 1 aromatic carbocycles. The zero-order valence-corrected chi connectivity index (χ0v) is 12.2. The van der Waals surface area contributed by atoms with E-state index in [1.54, 1.807) is 12.1 Å². The van der Waals surface area contributed by atoms with Crippen LogP contribution in [0.2, 0.25) is 0 Å². The van der Waals surface area contributed by atoms with Gasteiger partial charge in [-0.25, -0.2) is 8.42 Å². The van der Waals surface area contributed by atoms with Crippen molar-refractivity contribution in [1.29, 1.82) is 0 Å². The fraction of sp³-hybridized carbons (Fsp3) is 0.571. The van der Waals surface area contributed by atoms with Crippen molar-refractivity contribution in [2.45, 2.75) is 42.5 Å². The van der Waals surface area contributed by atoms with E-state index in [1.807, 2.05) is 12.1 Å². The minimum atomic E-state index is -3.13. The fourth-order valence-electron chi connectivity index (χ4n) is 2.70. The third-order valence-electron chi connectivity index (χ3n) is 3.89. The Kier molecular flexibility index (Phi) is 4.16. The molecule has 19 heavy (non-hydrogen) atoms. The van der Waals surface area contributed by atoms with E-state index < -0.39 is 9.84 Å². The summed E-state index contributed by atoms with van der Waals surface area (Å²) in [5.74, 6) is 0. The van der Waals surface area contributed by atoms with Crippen molar-refractivity contribution in [1.82, 2.24) is 0 Å². The monoisotopic (exact) mass is 282 g/mol. The van der Waals surface area contributed by atoms with Gasteiger partial charge in [-0.2, -0.15) is 0 Å². The second kappa shape index (κ2) is 5.51. The zero-order chi connectivity index (χ0) is 13.9. The Labute approximate surface area is 115 Å². The molecule has 0 spiro atoms. The van der Waals surface area contributed by atoms with Gasteiger partial charge in [0.15, 0.2) is 9.84 Å². The van der Waals surface area contributed by atoms with Crippen molar-refractivity contribution < 1.29 is 8.42 Å². The van der Waals surface area contributed by atoms with Crippen LogP contribution >= 0.6 is 0 Å². The molecule has 0 heterocycles. The van der Waals surface area contributed by atoms with Gasteiger partial charge < -0.3 is 11.1 Å². The molecular formula is C14H22N2O2S. The van der Waals surface area contributed by atoms with E-state index >= 15 is 0 Å². The van der Waals surface area contributed by atoms with Gasteiger partial charge in [0.05, 0.1) is 4.90 Å². The van der Waals surface area contributed by atoms with E-state index in [4.69, 9.17) is 5.73 Å². The van der Waals surface area contributed by atoms with Crippen molar-refractivity contribution in [3.05, 3.63) is 24.3 Å². The van der Waals surface area contributed by atoms with Crippen molar-refractivity contribution in [3.8, 4) is 0 Å². The summed E-state index contributed by atoms with van der Waals surface area (Å²) in [6.45, 7) is 0.612. The van der Waals surface area contributed by atoms with Crippen LogP contribution in [0.25, 0.3) is 0 Å². The molecule has 0 amide bonds. The third kappa shape index (κ3) is 3.48. The second-order valence-corrected chi connectivity index (χ2v) is 7.48. The van der Waals surface area contributed by atoms with Crippen LogP contribution in [0, 0.1) is 0 Å². The van der Waals surface area contributed by atoms with Gasteiger partial charge in [0.25, 0.3) is 0 Å². The Morgan fingerprint density at radius 1 is 1.16 bits per heavy atom. The van der Waals surface area contributed by atoms with Crippen LogP contribution in [0.15, 0.2) is 29.2 Å². The highest BCUT2D eigenvalue weighted by molar-refractivity contribution is 7.90. The molecule has 0 aromatic heterocycles. The number of nitrogens with one attached hydrogen (secondary N) is 1. The third-order valence-corrected chi connectivity index (χ3v) is 5.02. The molecule has 1 fully saturated rings. The average Bonchev–Trinajstić information content (AvgIpc) is 2.39. The van der Waals surface area contributed by atoms with E-state index in [1.165, 1.54) is 25.5 Å². The standard InChI is InChI=1S/C14H22N2O2S/c1-19(17,18)13-7-5-12(6-8-13)16-14(11-15)9-3-2-4-10-14/h5-8,16H,2-4,9-11,15H2,1H3. The van der Waals surface area contributed by atoms with Crippen molar-refractivity contribution in [2.24, 2.45) is 5.73 Å². The van der Waals surface area contributed by atoms with Crippen LogP contribution in [0.1, 0.15) is 32.1 Å². The SMILES string of the molecule is CS(=O)(=O)c1ccc(NC2(CN)CCCCC2)cc1. The molecule has 0 saturated heterocycles. The highest BCUT2D eigenvalue weighted by Crippen LogP contribution is 2.31. The smallest absolute Gasteiger partial charge is 0.175 e. The second-order valence-electron chi connectivity index (χ2n) is 5.47. The highest BCUT2D eigenvalue weighted by Gasteiger charge is 2.30. The largest absolute Gasteiger partial charge is 0.378 e.